The summed E-state index contributed by atoms with van der Waals surface area (Å²) in [5, 5.41) is 12.2. The van der Waals surface area contributed by atoms with Crippen molar-refractivity contribution in [1.29, 1.82) is 0 Å². The third kappa shape index (κ3) is 4.15. The van der Waals surface area contributed by atoms with Crippen LogP contribution in [-0.4, -0.2) is 17.6 Å². The number of aliphatic carboxylic acids is 1. The Hall–Kier alpha value is -1.35. The molecule has 2 rings (SSSR count). The van der Waals surface area contributed by atoms with Crippen LogP contribution in [0.4, 0.5) is 0 Å². The first-order chi connectivity index (χ1) is 8.65. The Labute approximate surface area is 108 Å². The fourth-order valence-corrected chi connectivity index (χ4v) is 2.23. The van der Waals surface area contributed by atoms with Crippen LogP contribution in [0.1, 0.15) is 30.9 Å². The van der Waals surface area contributed by atoms with Gasteiger partial charge in [0.2, 0.25) is 0 Å². The van der Waals surface area contributed by atoms with Crippen molar-refractivity contribution in [3.63, 3.8) is 0 Å². The summed E-state index contributed by atoms with van der Waals surface area (Å²) in [7, 11) is 0. The van der Waals surface area contributed by atoms with Crippen LogP contribution in [0.15, 0.2) is 24.3 Å². The van der Waals surface area contributed by atoms with Crippen molar-refractivity contribution in [2.24, 2.45) is 11.8 Å². The third-order valence-corrected chi connectivity index (χ3v) is 3.60. The minimum atomic E-state index is -0.779. The molecule has 1 aromatic rings. The Morgan fingerprint density at radius 2 is 1.94 bits per heavy atom. The van der Waals surface area contributed by atoms with Gasteiger partial charge in [-0.2, -0.15) is 0 Å². The van der Waals surface area contributed by atoms with E-state index in [9.17, 15) is 4.79 Å². The van der Waals surface area contributed by atoms with Crippen LogP contribution >= 0.6 is 0 Å². The maximum Gasteiger partial charge on any atom is 0.307 e. The fourth-order valence-electron chi connectivity index (χ4n) is 2.23. The van der Waals surface area contributed by atoms with E-state index in [1.165, 1.54) is 18.4 Å². The van der Waals surface area contributed by atoms with Gasteiger partial charge in [-0.3, -0.25) is 4.79 Å². The first kappa shape index (κ1) is 13.1. The zero-order valence-corrected chi connectivity index (χ0v) is 10.9. The fraction of sp³-hybridized carbons (Fsp3) is 0.533. The van der Waals surface area contributed by atoms with Gasteiger partial charge in [0.15, 0.2) is 0 Å². The summed E-state index contributed by atoms with van der Waals surface area (Å²) in [5.41, 5.74) is 2.07. The normalized spacial score (nSPS) is 16.5. The van der Waals surface area contributed by atoms with Gasteiger partial charge in [-0.15, -0.1) is 0 Å². The molecule has 18 heavy (non-hydrogen) atoms. The van der Waals surface area contributed by atoms with Crippen LogP contribution in [0.25, 0.3) is 0 Å². The van der Waals surface area contributed by atoms with Crippen LogP contribution in [0, 0.1) is 11.8 Å². The van der Waals surface area contributed by atoms with Crippen LogP contribution in [0.5, 0.6) is 0 Å². The lowest BCUT2D eigenvalue weighted by Gasteiger charge is -2.11. The van der Waals surface area contributed by atoms with Crippen LogP contribution in [0.2, 0.25) is 0 Å². The van der Waals surface area contributed by atoms with E-state index in [1.54, 1.807) is 0 Å². The molecule has 0 heterocycles. The molecule has 3 nitrogen and oxygen atoms in total. The Morgan fingerprint density at radius 3 is 2.50 bits per heavy atom. The summed E-state index contributed by atoms with van der Waals surface area (Å²) >= 11 is 0. The Kier molecular flexibility index (Phi) is 4.37. The molecule has 1 aromatic carbocycles. The molecule has 1 fully saturated rings. The molecular formula is C15H21NO2. The number of carboxylic acid groups (broad SMARTS) is 1. The predicted molar refractivity (Wildman–Crippen MR) is 71.4 cm³/mol. The number of nitrogens with one attached hydrogen (secondary N) is 1. The highest BCUT2D eigenvalue weighted by Crippen LogP contribution is 2.36. The molecule has 1 unspecified atom stereocenters. The smallest absolute Gasteiger partial charge is 0.307 e. The van der Waals surface area contributed by atoms with E-state index in [-0.39, 0.29) is 6.42 Å². The van der Waals surface area contributed by atoms with Gasteiger partial charge < -0.3 is 10.4 Å². The van der Waals surface area contributed by atoms with Crippen molar-refractivity contribution in [3.05, 3.63) is 35.4 Å². The van der Waals surface area contributed by atoms with E-state index in [0.29, 0.717) is 0 Å². The molecular weight excluding hydrogens is 226 g/mol. The minimum Gasteiger partial charge on any atom is -0.481 e. The average Bonchev–Trinajstić information content (AvgIpc) is 3.14. The van der Waals surface area contributed by atoms with E-state index in [4.69, 9.17) is 5.11 Å². The van der Waals surface area contributed by atoms with Crippen molar-refractivity contribution in [2.45, 2.75) is 32.7 Å². The molecule has 1 atom stereocenters. The Bertz CT molecular complexity index is 395. The molecule has 1 aliphatic carbocycles. The van der Waals surface area contributed by atoms with Crippen molar-refractivity contribution in [1.82, 2.24) is 5.32 Å². The first-order valence-corrected chi connectivity index (χ1v) is 6.65. The highest BCUT2D eigenvalue weighted by molar-refractivity contribution is 5.70. The number of hydrogen-bond donors (Lipinski definition) is 2. The zero-order chi connectivity index (χ0) is 13.0. The molecule has 1 saturated carbocycles. The zero-order valence-electron chi connectivity index (χ0n) is 10.9. The second-order valence-corrected chi connectivity index (χ2v) is 5.33. The molecule has 0 radical (unpaired) electrons. The number of benzene rings is 1. The van der Waals surface area contributed by atoms with Crippen molar-refractivity contribution in [2.75, 3.05) is 6.54 Å². The monoisotopic (exact) mass is 247 g/mol. The van der Waals surface area contributed by atoms with Gasteiger partial charge in [-0.05, 0) is 42.3 Å². The highest BCUT2D eigenvalue weighted by Gasteiger charge is 2.27. The minimum absolute atomic E-state index is 0.104. The highest BCUT2D eigenvalue weighted by atomic mass is 16.4. The van der Waals surface area contributed by atoms with E-state index < -0.39 is 5.97 Å². The summed E-state index contributed by atoms with van der Waals surface area (Å²) in [6.07, 6.45) is 2.89. The van der Waals surface area contributed by atoms with Crippen LogP contribution in [-0.2, 0) is 17.8 Å². The van der Waals surface area contributed by atoms with Gasteiger partial charge in [0, 0.05) is 6.54 Å². The average molecular weight is 247 g/mol. The summed E-state index contributed by atoms with van der Waals surface area (Å²) in [4.78, 5) is 10.6. The van der Waals surface area contributed by atoms with Crippen molar-refractivity contribution < 1.29 is 9.90 Å². The topological polar surface area (TPSA) is 49.3 Å². The first-order valence-electron chi connectivity index (χ1n) is 6.65. The summed E-state index contributed by atoms with van der Waals surface area (Å²) in [6, 6.07) is 7.81. The molecule has 3 heteroatoms. The summed E-state index contributed by atoms with van der Waals surface area (Å²) in [6.45, 7) is 4.24. The standard InChI is InChI=1S/C15H21NO2/c1-11(14-6-7-14)9-16-10-13-4-2-12(3-5-13)8-15(17)18/h2-5,11,14,16H,6-10H2,1H3,(H,17,18). The van der Waals surface area contributed by atoms with Crippen molar-refractivity contribution in [3.8, 4) is 0 Å². The largest absolute Gasteiger partial charge is 0.481 e. The lowest BCUT2D eigenvalue weighted by molar-refractivity contribution is -0.136. The van der Waals surface area contributed by atoms with Gasteiger partial charge >= 0.3 is 5.97 Å². The molecule has 0 spiro atoms. The van der Waals surface area contributed by atoms with Gasteiger partial charge in [-0.25, -0.2) is 0 Å². The molecule has 0 amide bonds. The molecule has 1 aliphatic rings. The third-order valence-electron chi connectivity index (χ3n) is 3.60. The molecule has 0 saturated heterocycles. The number of carbonyl (C=O) groups is 1. The lowest BCUT2D eigenvalue weighted by atomic mass is 10.1. The van der Waals surface area contributed by atoms with Crippen molar-refractivity contribution >= 4 is 5.97 Å². The molecule has 2 N–H and O–H groups in total. The van der Waals surface area contributed by atoms with E-state index >= 15 is 0 Å². The maximum atomic E-state index is 10.6. The van der Waals surface area contributed by atoms with E-state index in [1.807, 2.05) is 24.3 Å². The quantitative estimate of drug-likeness (QED) is 0.778. The molecule has 0 bridgehead atoms. The lowest BCUT2D eigenvalue weighted by Crippen LogP contribution is -2.21. The van der Waals surface area contributed by atoms with Gasteiger partial charge in [-0.1, -0.05) is 31.2 Å². The predicted octanol–water partition coefficient (Wildman–Crippen LogP) is 2.45. The van der Waals surface area contributed by atoms with E-state index in [0.717, 1.165) is 30.5 Å². The number of rotatable bonds is 7. The van der Waals surface area contributed by atoms with E-state index in [2.05, 4.69) is 12.2 Å². The van der Waals surface area contributed by atoms with Gasteiger partial charge in [0.05, 0.1) is 6.42 Å². The SMILES string of the molecule is CC(CNCc1ccc(CC(=O)O)cc1)C1CC1. The summed E-state index contributed by atoms with van der Waals surface area (Å²) in [5.74, 6) is 0.936. The second-order valence-electron chi connectivity index (χ2n) is 5.33. The van der Waals surface area contributed by atoms with Crippen LogP contribution in [0.3, 0.4) is 0 Å². The number of carboxylic acids is 1. The van der Waals surface area contributed by atoms with Crippen LogP contribution < -0.4 is 5.32 Å². The van der Waals surface area contributed by atoms with Gasteiger partial charge in [0.25, 0.3) is 0 Å². The Morgan fingerprint density at radius 1 is 1.33 bits per heavy atom. The molecule has 0 aromatic heterocycles. The van der Waals surface area contributed by atoms with Gasteiger partial charge in [0.1, 0.15) is 0 Å². The Balaban J connectivity index is 1.73. The number of hydrogen-bond acceptors (Lipinski definition) is 2. The molecule has 0 aliphatic heterocycles. The molecule has 98 valence electrons. The second kappa shape index (κ2) is 6.01. The maximum absolute atomic E-state index is 10.6. The summed E-state index contributed by atoms with van der Waals surface area (Å²) < 4.78 is 0.